The summed E-state index contributed by atoms with van der Waals surface area (Å²) in [6.07, 6.45) is 2.10. The molecule has 1 aliphatic carbocycles. The third-order valence-corrected chi connectivity index (χ3v) is 6.68. The van der Waals surface area contributed by atoms with E-state index in [1.807, 2.05) is 72.6 Å². The summed E-state index contributed by atoms with van der Waals surface area (Å²) in [7, 11) is 1.85. The fourth-order valence-electron chi connectivity index (χ4n) is 3.64. The fraction of sp³-hybridized carbons (Fsp3) is 0.296. The minimum atomic E-state index is -0.450. The van der Waals surface area contributed by atoms with E-state index in [-0.39, 0.29) is 25.0 Å². The lowest BCUT2D eigenvalue weighted by Crippen LogP contribution is -2.30. The number of ether oxygens (including phenoxy) is 1. The van der Waals surface area contributed by atoms with Gasteiger partial charge >= 0.3 is 5.97 Å². The summed E-state index contributed by atoms with van der Waals surface area (Å²) in [6, 6.07) is 19.3. The highest BCUT2D eigenvalue weighted by molar-refractivity contribution is 7.18. The number of likely N-dealkylation sites (N-methyl/N-ethyl adjacent to an activating group) is 1. The molecule has 2 aromatic carbocycles. The number of hydrogen-bond donors (Lipinski definition) is 2. The number of carbonyl (C=O) groups excluding carboxylic acids is 3. The van der Waals surface area contributed by atoms with E-state index in [1.54, 1.807) is 6.92 Å². The van der Waals surface area contributed by atoms with Crippen LogP contribution in [0, 0.1) is 0 Å². The van der Waals surface area contributed by atoms with Crippen molar-refractivity contribution in [2.45, 2.75) is 32.4 Å². The molecular formula is C27H29N3O4S. The first-order valence-electron chi connectivity index (χ1n) is 11.7. The summed E-state index contributed by atoms with van der Waals surface area (Å²) in [4.78, 5) is 40.6. The summed E-state index contributed by atoms with van der Waals surface area (Å²) in [5.74, 6) is -0.722. The maximum absolute atomic E-state index is 12.8. The molecule has 0 saturated heterocycles. The van der Waals surface area contributed by atoms with Crippen LogP contribution in [0.2, 0.25) is 0 Å². The van der Waals surface area contributed by atoms with Crippen molar-refractivity contribution >= 4 is 34.8 Å². The Kier molecular flexibility index (Phi) is 7.94. The number of amides is 2. The standard InChI is InChI=1S/C27H29N3O4S/c1-3-34-27(33)25-22(15-23(35-25)19-7-5-4-6-8-19)29-24(31)17-30(2)16-18-9-11-20(12-10-18)26(32)28-21-13-14-21/h4-12,15,21H,3,13-14,16-17H2,1-2H3,(H,28,32)(H,29,31). The van der Waals surface area contributed by atoms with Crippen LogP contribution >= 0.6 is 11.3 Å². The smallest absolute Gasteiger partial charge is 0.350 e. The second kappa shape index (κ2) is 11.3. The number of esters is 1. The van der Waals surface area contributed by atoms with Crippen molar-refractivity contribution in [3.63, 3.8) is 0 Å². The van der Waals surface area contributed by atoms with Gasteiger partial charge in [0, 0.05) is 23.0 Å². The molecule has 2 N–H and O–H groups in total. The number of thiophene rings is 1. The van der Waals surface area contributed by atoms with Crippen LogP contribution in [0.15, 0.2) is 60.7 Å². The zero-order chi connectivity index (χ0) is 24.8. The van der Waals surface area contributed by atoms with E-state index < -0.39 is 5.97 Å². The Bertz CT molecular complexity index is 1190. The van der Waals surface area contributed by atoms with Gasteiger partial charge in [-0.2, -0.15) is 0 Å². The molecule has 1 saturated carbocycles. The van der Waals surface area contributed by atoms with Gasteiger partial charge in [-0.1, -0.05) is 42.5 Å². The monoisotopic (exact) mass is 491 g/mol. The predicted octanol–water partition coefficient (Wildman–Crippen LogP) is 4.55. The Morgan fingerprint density at radius 1 is 1.06 bits per heavy atom. The Morgan fingerprint density at radius 2 is 1.77 bits per heavy atom. The van der Waals surface area contributed by atoms with Crippen molar-refractivity contribution < 1.29 is 19.1 Å². The fourth-order valence-corrected chi connectivity index (χ4v) is 4.65. The van der Waals surface area contributed by atoms with Crippen molar-refractivity contribution in [2.24, 2.45) is 0 Å². The largest absolute Gasteiger partial charge is 0.462 e. The van der Waals surface area contributed by atoms with E-state index in [1.165, 1.54) is 11.3 Å². The van der Waals surface area contributed by atoms with E-state index in [0.717, 1.165) is 28.8 Å². The second-order valence-corrected chi connectivity index (χ2v) is 9.66. The topological polar surface area (TPSA) is 87.7 Å². The second-order valence-electron chi connectivity index (χ2n) is 8.61. The molecule has 35 heavy (non-hydrogen) atoms. The quantitative estimate of drug-likeness (QED) is 0.406. The molecule has 1 aliphatic rings. The van der Waals surface area contributed by atoms with Gasteiger partial charge in [0.2, 0.25) is 5.91 Å². The number of anilines is 1. The minimum absolute atomic E-state index is 0.0465. The molecule has 0 aliphatic heterocycles. The zero-order valence-electron chi connectivity index (χ0n) is 19.9. The molecule has 0 radical (unpaired) electrons. The van der Waals surface area contributed by atoms with Crippen molar-refractivity contribution in [2.75, 3.05) is 25.5 Å². The van der Waals surface area contributed by atoms with Gasteiger partial charge in [-0.05, 0) is 56.1 Å². The first-order valence-corrected chi connectivity index (χ1v) is 12.5. The molecule has 1 heterocycles. The average molecular weight is 492 g/mol. The van der Waals surface area contributed by atoms with Crippen LogP contribution in [0.1, 0.15) is 45.4 Å². The Labute approximate surface area is 209 Å². The molecule has 7 nitrogen and oxygen atoms in total. The highest BCUT2D eigenvalue weighted by Crippen LogP contribution is 2.35. The molecule has 3 aromatic rings. The van der Waals surface area contributed by atoms with Crippen molar-refractivity contribution in [1.29, 1.82) is 0 Å². The van der Waals surface area contributed by atoms with Gasteiger partial charge in [-0.25, -0.2) is 4.79 Å². The van der Waals surface area contributed by atoms with Crippen LogP contribution in [0.25, 0.3) is 10.4 Å². The molecule has 0 spiro atoms. The normalized spacial score (nSPS) is 12.9. The van der Waals surface area contributed by atoms with Gasteiger partial charge in [0.1, 0.15) is 4.88 Å². The van der Waals surface area contributed by atoms with E-state index in [4.69, 9.17) is 4.74 Å². The van der Waals surface area contributed by atoms with Gasteiger partial charge in [0.25, 0.3) is 5.91 Å². The van der Waals surface area contributed by atoms with Crippen LogP contribution < -0.4 is 10.6 Å². The first kappa shape index (κ1) is 24.6. The average Bonchev–Trinajstić information content (AvgIpc) is 3.56. The van der Waals surface area contributed by atoms with Gasteiger partial charge in [0.15, 0.2) is 0 Å². The summed E-state index contributed by atoms with van der Waals surface area (Å²) in [6.45, 7) is 2.70. The van der Waals surface area contributed by atoms with Crippen molar-refractivity contribution in [3.8, 4) is 10.4 Å². The summed E-state index contributed by atoms with van der Waals surface area (Å²) in [5, 5.41) is 5.86. The van der Waals surface area contributed by atoms with E-state index in [9.17, 15) is 14.4 Å². The molecule has 182 valence electrons. The SMILES string of the molecule is CCOC(=O)c1sc(-c2ccccc2)cc1NC(=O)CN(C)Cc1ccc(C(=O)NC2CC2)cc1. The third kappa shape index (κ3) is 6.77. The van der Waals surface area contributed by atoms with Crippen molar-refractivity contribution in [1.82, 2.24) is 10.2 Å². The maximum Gasteiger partial charge on any atom is 0.350 e. The lowest BCUT2D eigenvalue weighted by atomic mass is 10.1. The van der Waals surface area contributed by atoms with Crippen LogP contribution in [-0.2, 0) is 16.1 Å². The maximum atomic E-state index is 12.8. The summed E-state index contributed by atoms with van der Waals surface area (Å²) < 4.78 is 5.19. The van der Waals surface area contributed by atoms with Gasteiger partial charge < -0.3 is 15.4 Å². The highest BCUT2D eigenvalue weighted by atomic mass is 32.1. The molecule has 0 bridgehead atoms. The zero-order valence-corrected chi connectivity index (χ0v) is 20.7. The number of hydrogen-bond acceptors (Lipinski definition) is 6. The van der Waals surface area contributed by atoms with Crippen LogP contribution in [0.3, 0.4) is 0 Å². The molecule has 1 fully saturated rings. The van der Waals surface area contributed by atoms with Crippen LogP contribution in [0.5, 0.6) is 0 Å². The summed E-state index contributed by atoms with van der Waals surface area (Å²) >= 11 is 1.30. The van der Waals surface area contributed by atoms with E-state index >= 15 is 0 Å². The molecule has 8 heteroatoms. The van der Waals surface area contributed by atoms with Gasteiger partial charge in [-0.3, -0.25) is 14.5 Å². The van der Waals surface area contributed by atoms with Crippen LogP contribution in [-0.4, -0.2) is 48.9 Å². The third-order valence-electron chi connectivity index (χ3n) is 5.52. The lowest BCUT2D eigenvalue weighted by Gasteiger charge is -2.16. The number of carbonyl (C=O) groups is 3. The highest BCUT2D eigenvalue weighted by Gasteiger charge is 2.24. The number of nitrogens with one attached hydrogen (secondary N) is 2. The molecule has 2 amide bonds. The lowest BCUT2D eigenvalue weighted by molar-refractivity contribution is -0.117. The predicted molar refractivity (Wildman–Crippen MR) is 138 cm³/mol. The van der Waals surface area contributed by atoms with Crippen LogP contribution in [0.4, 0.5) is 5.69 Å². The minimum Gasteiger partial charge on any atom is -0.462 e. The van der Waals surface area contributed by atoms with E-state index in [0.29, 0.717) is 28.7 Å². The van der Waals surface area contributed by atoms with E-state index in [2.05, 4.69) is 10.6 Å². The van der Waals surface area contributed by atoms with Gasteiger partial charge in [-0.15, -0.1) is 11.3 Å². The molecule has 0 atom stereocenters. The molecule has 1 aromatic heterocycles. The Hall–Kier alpha value is -3.49. The number of benzene rings is 2. The molecule has 4 rings (SSSR count). The number of rotatable bonds is 10. The molecule has 0 unspecified atom stereocenters. The molecular weight excluding hydrogens is 462 g/mol. The van der Waals surface area contributed by atoms with Gasteiger partial charge in [0.05, 0.1) is 18.8 Å². The number of nitrogens with zero attached hydrogens (tertiary/aromatic N) is 1. The Morgan fingerprint density at radius 3 is 2.43 bits per heavy atom. The summed E-state index contributed by atoms with van der Waals surface area (Å²) in [5.41, 5.74) is 3.06. The first-order chi connectivity index (χ1) is 16.9. The Balaban J connectivity index is 1.37. The van der Waals surface area contributed by atoms with Crippen molar-refractivity contribution in [3.05, 3.63) is 76.7 Å².